The number of nitrogens with zero attached hydrogens (tertiary/aromatic N) is 3. The van der Waals surface area contributed by atoms with Crippen molar-refractivity contribution in [3.63, 3.8) is 0 Å². The normalized spacial score (nSPS) is 10.4. The predicted octanol–water partition coefficient (Wildman–Crippen LogP) is 4.33. The van der Waals surface area contributed by atoms with E-state index in [0.29, 0.717) is 17.0 Å². The van der Waals surface area contributed by atoms with Gasteiger partial charge in [-0.15, -0.1) is 0 Å². The molecule has 0 radical (unpaired) electrons. The van der Waals surface area contributed by atoms with Crippen molar-refractivity contribution >= 4 is 11.7 Å². The van der Waals surface area contributed by atoms with Gasteiger partial charge in [0.1, 0.15) is 11.3 Å². The van der Waals surface area contributed by atoms with Crippen LogP contribution in [-0.4, -0.2) is 27.5 Å². The molecule has 1 aromatic heterocycles. The van der Waals surface area contributed by atoms with E-state index < -0.39 is 10.9 Å². The highest BCUT2D eigenvalue weighted by Gasteiger charge is 2.23. The molecule has 0 amide bonds. The van der Waals surface area contributed by atoms with Crippen LogP contribution in [0.25, 0.3) is 11.3 Å². The largest absolute Gasteiger partial charge is 0.462 e. The molecule has 0 spiro atoms. The summed E-state index contributed by atoms with van der Waals surface area (Å²) in [7, 11) is 0. The van der Waals surface area contributed by atoms with Crippen LogP contribution in [0.3, 0.4) is 0 Å². The summed E-state index contributed by atoms with van der Waals surface area (Å²) in [6.45, 7) is 3.50. The van der Waals surface area contributed by atoms with Gasteiger partial charge in [0, 0.05) is 17.7 Å². The fraction of sp³-hybridized carbons (Fsp3) is 0.150. The SMILES string of the molecule is CCOC(=O)c1c(C)nc(Oc2ccccc2)nc1-c1cccc([N+](=O)[O-])c1. The monoisotopic (exact) mass is 379 g/mol. The molecule has 1 heterocycles. The van der Waals surface area contributed by atoms with Crippen LogP contribution in [0.2, 0.25) is 0 Å². The molecule has 0 aliphatic carbocycles. The van der Waals surface area contributed by atoms with Crippen LogP contribution >= 0.6 is 0 Å². The van der Waals surface area contributed by atoms with Gasteiger partial charge < -0.3 is 9.47 Å². The first-order chi connectivity index (χ1) is 13.5. The van der Waals surface area contributed by atoms with Crippen LogP contribution in [0.4, 0.5) is 5.69 Å². The Kier molecular flexibility index (Phi) is 5.59. The third-order valence-corrected chi connectivity index (χ3v) is 3.83. The third kappa shape index (κ3) is 4.12. The van der Waals surface area contributed by atoms with Crippen LogP contribution in [0.5, 0.6) is 11.8 Å². The van der Waals surface area contributed by atoms with Gasteiger partial charge in [0.15, 0.2) is 0 Å². The van der Waals surface area contributed by atoms with E-state index in [1.165, 1.54) is 18.2 Å². The molecule has 8 nitrogen and oxygen atoms in total. The van der Waals surface area contributed by atoms with Crippen molar-refractivity contribution in [3.8, 4) is 23.0 Å². The zero-order valence-electron chi connectivity index (χ0n) is 15.3. The molecule has 8 heteroatoms. The van der Waals surface area contributed by atoms with E-state index in [2.05, 4.69) is 9.97 Å². The summed E-state index contributed by atoms with van der Waals surface area (Å²) in [6.07, 6.45) is 0. The number of carbonyl (C=O) groups excluding carboxylic acids is 1. The first kappa shape index (κ1) is 19.0. The Balaban J connectivity index is 2.14. The van der Waals surface area contributed by atoms with Crippen molar-refractivity contribution in [1.29, 1.82) is 0 Å². The molecular weight excluding hydrogens is 362 g/mol. The summed E-state index contributed by atoms with van der Waals surface area (Å²) in [4.78, 5) is 31.7. The quantitative estimate of drug-likeness (QED) is 0.356. The van der Waals surface area contributed by atoms with Crippen LogP contribution in [0, 0.1) is 17.0 Å². The molecule has 0 N–H and O–H groups in total. The number of non-ortho nitro benzene ring substituents is 1. The van der Waals surface area contributed by atoms with Gasteiger partial charge in [-0.1, -0.05) is 30.3 Å². The lowest BCUT2D eigenvalue weighted by Gasteiger charge is -2.13. The van der Waals surface area contributed by atoms with Gasteiger partial charge in [-0.05, 0) is 26.0 Å². The lowest BCUT2D eigenvalue weighted by atomic mass is 10.0. The van der Waals surface area contributed by atoms with Crippen molar-refractivity contribution in [2.24, 2.45) is 0 Å². The Labute approximate surface area is 160 Å². The summed E-state index contributed by atoms with van der Waals surface area (Å²) in [5.41, 5.74) is 0.971. The number of ether oxygens (including phenoxy) is 2. The van der Waals surface area contributed by atoms with Gasteiger partial charge in [-0.3, -0.25) is 10.1 Å². The number of nitro groups is 1. The second-order valence-electron chi connectivity index (χ2n) is 5.76. The summed E-state index contributed by atoms with van der Waals surface area (Å²) in [5.74, 6) is -0.0801. The minimum Gasteiger partial charge on any atom is -0.462 e. The minimum absolute atomic E-state index is 0.0262. The Morgan fingerprint density at radius 2 is 1.86 bits per heavy atom. The second-order valence-corrected chi connectivity index (χ2v) is 5.76. The number of carbonyl (C=O) groups is 1. The number of aromatic nitrogens is 2. The summed E-state index contributed by atoms with van der Waals surface area (Å²) >= 11 is 0. The van der Waals surface area contributed by atoms with Crippen LogP contribution in [0.15, 0.2) is 54.6 Å². The molecule has 0 unspecified atom stereocenters. The van der Waals surface area contributed by atoms with Gasteiger partial charge in [0.2, 0.25) is 0 Å². The van der Waals surface area contributed by atoms with Crippen molar-refractivity contribution in [2.75, 3.05) is 6.61 Å². The fourth-order valence-corrected chi connectivity index (χ4v) is 2.61. The highest BCUT2D eigenvalue weighted by molar-refractivity contribution is 5.97. The van der Waals surface area contributed by atoms with E-state index >= 15 is 0 Å². The average Bonchev–Trinajstić information content (AvgIpc) is 2.68. The first-order valence-corrected chi connectivity index (χ1v) is 8.53. The lowest BCUT2D eigenvalue weighted by molar-refractivity contribution is -0.384. The van der Waals surface area contributed by atoms with E-state index in [-0.39, 0.29) is 29.6 Å². The molecule has 3 aromatic rings. The van der Waals surface area contributed by atoms with Crippen molar-refractivity contribution in [1.82, 2.24) is 9.97 Å². The standard InChI is InChI=1S/C20H17N3O5/c1-3-27-19(24)17-13(2)21-20(28-16-10-5-4-6-11-16)22-18(17)14-8-7-9-15(12-14)23(25)26/h4-12H,3H2,1-2H3. The van der Waals surface area contributed by atoms with Crippen molar-refractivity contribution in [3.05, 3.63) is 76.0 Å². The lowest BCUT2D eigenvalue weighted by Crippen LogP contribution is -2.12. The smallest absolute Gasteiger partial charge is 0.342 e. The summed E-state index contributed by atoms with van der Waals surface area (Å²) < 4.78 is 10.8. The van der Waals surface area contributed by atoms with Crippen LogP contribution in [0.1, 0.15) is 23.0 Å². The molecule has 2 aromatic carbocycles. The van der Waals surface area contributed by atoms with Gasteiger partial charge in [0.05, 0.1) is 22.9 Å². The molecule has 0 saturated heterocycles. The molecule has 0 aliphatic heterocycles. The number of hydrogen-bond donors (Lipinski definition) is 0. The molecule has 3 rings (SSSR count). The summed E-state index contributed by atoms with van der Waals surface area (Å²) in [5, 5.41) is 11.1. The molecular formula is C20H17N3O5. The number of rotatable bonds is 6. The zero-order chi connectivity index (χ0) is 20.1. The Bertz CT molecular complexity index is 1020. The van der Waals surface area contributed by atoms with Crippen molar-refractivity contribution in [2.45, 2.75) is 13.8 Å². The number of benzene rings is 2. The molecule has 0 fully saturated rings. The first-order valence-electron chi connectivity index (χ1n) is 8.53. The Morgan fingerprint density at radius 3 is 2.54 bits per heavy atom. The minimum atomic E-state index is -0.604. The highest BCUT2D eigenvalue weighted by atomic mass is 16.6. The third-order valence-electron chi connectivity index (χ3n) is 3.83. The number of para-hydroxylation sites is 1. The number of nitro benzene ring substituents is 1. The molecule has 0 atom stereocenters. The van der Waals surface area contributed by atoms with Gasteiger partial charge in [-0.25, -0.2) is 4.79 Å². The maximum atomic E-state index is 12.5. The van der Waals surface area contributed by atoms with E-state index in [0.717, 1.165) is 0 Å². The number of esters is 1. The molecule has 142 valence electrons. The molecule has 0 aliphatic rings. The van der Waals surface area contributed by atoms with E-state index in [1.807, 2.05) is 6.07 Å². The summed E-state index contributed by atoms with van der Waals surface area (Å²) in [6, 6.07) is 14.8. The molecule has 28 heavy (non-hydrogen) atoms. The fourth-order valence-electron chi connectivity index (χ4n) is 2.61. The van der Waals surface area contributed by atoms with Crippen molar-refractivity contribution < 1.29 is 19.2 Å². The number of hydrogen-bond acceptors (Lipinski definition) is 7. The topological polar surface area (TPSA) is 104 Å². The average molecular weight is 379 g/mol. The van der Waals surface area contributed by atoms with E-state index in [1.54, 1.807) is 44.2 Å². The van der Waals surface area contributed by atoms with Gasteiger partial charge in [-0.2, -0.15) is 9.97 Å². The van der Waals surface area contributed by atoms with Crippen LogP contribution in [-0.2, 0) is 4.74 Å². The van der Waals surface area contributed by atoms with E-state index in [9.17, 15) is 14.9 Å². The van der Waals surface area contributed by atoms with E-state index in [4.69, 9.17) is 9.47 Å². The second kappa shape index (κ2) is 8.26. The zero-order valence-corrected chi connectivity index (χ0v) is 15.3. The maximum absolute atomic E-state index is 12.5. The van der Waals surface area contributed by atoms with Gasteiger partial charge in [0.25, 0.3) is 5.69 Å². The van der Waals surface area contributed by atoms with Crippen LogP contribution < -0.4 is 4.74 Å². The molecule has 0 bridgehead atoms. The van der Waals surface area contributed by atoms with Gasteiger partial charge >= 0.3 is 12.0 Å². The number of aryl methyl sites for hydroxylation is 1. The molecule has 0 saturated carbocycles. The Hall–Kier alpha value is -3.81. The Morgan fingerprint density at radius 1 is 1.11 bits per heavy atom. The predicted molar refractivity (Wildman–Crippen MR) is 101 cm³/mol. The highest BCUT2D eigenvalue weighted by Crippen LogP contribution is 2.30. The maximum Gasteiger partial charge on any atom is 0.342 e.